The van der Waals surface area contributed by atoms with Crippen molar-refractivity contribution < 1.29 is 13.6 Å². The second kappa shape index (κ2) is 5.05. The van der Waals surface area contributed by atoms with Gasteiger partial charge in [0.05, 0.1) is 0 Å². The summed E-state index contributed by atoms with van der Waals surface area (Å²) >= 11 is 5.11. The Balaban J connectivity index is 2.57. The Hall–Kier alpha value is -0.960. The second-order valence-electron chi connectivity index (χ2n) is 2.94. The first kappa shape index (κ1) is 11.1. The Labute approximate surface area is 85.7 Å². The summed E-state index contributed by atoms with van der Waals surface area (Å²) in [5.41, 5.74) is 0.280. The van der Waals surface area contributed by atoms with Crippen molar-refractivity contribution in [3.63, 3.8) is 0 Å². The van der Waals surface area contributed by atoms with E-state index in [1.807, 2.05) is 0 Å². The van der Waals surface area contributed by atoms with Crippen LogP contribution in [0.15, 0.2) is 18.2 Å². The maximum Gasteiger partial charge on any atom is 0.221 e. The largest absolute Gasteiger partial charge is 0.281 e. The maximum absolute atomic E-state index is 13.0. The van der Waals surface area contributed by atoms with Gasteiger partial charge in [0.15, 0.2) is 0 Å². The van der Waals surface area contributed by atoms with Crippen molar-refractivity contribution in [3.05, 3.63) is 35.4 Å². The Morgan fingerprint density at radius 2 is 2.07 bits per heavy atom. The molecule has 0 spiro atoms. The van der Waals surface area contributed by atoms with E-state index in [-0.39, 0.29) is 12.0 Å². The molecule has 1 nitrogen and oxygen atoms in total. The van der Waals surface area contributed by atoms with Crippen LogP contribution in [-0.4, -0.2) is 5.24 Å². The maximum atomic E-state index is 13.0. The first-order chi connectivity index (χ1) is 6.59. The van der Waals surface area contributed by atoms with Gasteiger partial charge in [-0.25, -0.2) is 8.78 Å². The third-order valence-corrected chi connectivity index (χ3v) is 2.02. The summed E-state index contributed by atoms with van der Waals surface area (Å²) in [6, 6.07) is 3.27. The van der Waals surface area contributed by atoms with Crippen LogP contribution in [0.4, 0.5) is 8.78 Å². The van der Waals surface area contributed by atoms with Crippen molar-refractivity contribution in [2.45, 2.75) is 19.3 Å². The van der Waals surface area contributed by atoms with Gasteiger partial charge in [-0.2, -0.15) is 0 Å². The van der Waals surface area contributed by atoms with Crippen LogP contribution in [0, 0.1) is 11.6 Å². The molecule has 0 N–H and O–H groups in total. The van der Waals surface area contributed by atoms with E-state index in [1.165, 1.54) is 0 Å². The molecule has 0 amide bonds. The van der Waals surface area contributed by atoms with Gasteiger partial charge in [-0.3, -0.25) is 4.79 Å². The van der Waals surface area contributed by atoms with E-state index in [1.54, 1.807) is 0 Å². The molecule has 0 heterocycles. The van der Waals surface area contributed by atoms with E-state index < -0.39 is 16.9 Å². The number of hydrogen-bond acceptors (Lipinski definition) is 1. The van der Waals surface area contributed by atoms with Crippen molar-refractivity contribution >= 4 is 16.8 Å². The van der Waals surface area contributed by atoms with Crippen LogP contribution >= 0.6 is 11.6 Å². The minimum atomic E-state index is -0.474. The number of carbonyl (C=O) groups excluding carboxylic acids is 1. The van der Waals surface area contributed by atoms with Gasteiger partial charge in [-0.15, -0.1) is 0 Å². The highest BCUT2D eigenvalue weighted by Crippen LogP contribution is 2.12. The summed E-state index contributed by atoms with van der Waals surface area (Å²) in [7, 11) is 0. The summed E-state index contributed by atoms with van der Waals surface area (Å²) in [5.74, 6) is -0.924. The Bertz CT molecular complexity index is 339. The minimum absolute atomic E-state index is 0.178. The zero-order valence-electron chi connectivity index (χ0n) is 7.40. The molecule has 1 aromatic carbocycles. The van der Waals surface area contributed by atoms with Crippen molar-refractivity contribution in [1.82, 2.24) is 0 Å². The number of halogens is 3. The molecule has 4 heteroatoms. The molecular weight excluding hydrogens is 210 g/mol. The summed E-state index contributed by atoms with van der Waals surface area (Å²) in [4.78, 5) is 10.4. The van der Waals surface area contributed by atoms with Crippen LogP contribution in [-0.2, 0) is 11.2 Å². The lowest BCUT2D eigenvalue weighted by Crippen LogP contribution is -1.94. The minimum Gasteiger partial charge on any atom is -0.281 e. The van der Waals surface area contributed by atoms with Crippen LogP contribution in [0.2, 0.25) is 0 Å². The average Bonchev–Trinajstić information content (AvgIpc) is 2.10. The molecule has 1 aromatic rings. The van der Waals surface area contributed by atoms with E-state index in [4.69, 9.17) is 11.6 Å². The molecule has 0 saturated heterocycles. The van der Waals surface area contributed by atoms with Gasteiger partial charge in [0.1, 0.15) is 11.6 Å². The van der Waals surface area contributed by atoms with Crippen LogP contribution in [0.3, 0.4) is 0 Å². The van der Waals surface area contributed by atoms with E-state index in [0.717, 1.165) is 18.2 Å². The highest BCUT2D eigenvalue weighted by Gasteiger charge is 2.04. The molecule has 0 saturated carbocycles. The van der Waals surface area contributed by atoms with Gasteiger partial charge < -0.3 is 0 Å². The lowest BCUT2D eigenvalue weighted by molar-refractivity contribution is -0.111. The van der Waals surface area contributed by atoms with Crippen molar-refractivity contribution in [3.8, 4) is 0 Å². The quantitative estimate of drug-likeness (QED) is 0.710. The summed E-state index contributed by atoms with van der Waals surface area (Å²) in [6.45, 7) is 0. The third kappa shape index (κ3) is 3.42. The second-order valence-corrected chi connectivity index (χ2v) is 3.37. The fourth-order valence-electron chi connectivity index (χ4n) is 1.15. The first-order valence-corrected chi connectivity index (χ1v) is 4.59. The monoisotopic (exact) mass is 218 g/mol. The molecule has 76 valence electrons. The van der Waals surface area contributed by atoms with Crippen molar-refractivity contribution in [1.29, 1.82) is 0 Å². The molecule has 0 aliphatic carbocycles. The van der Waals surface area contributed by atoms with Crippen molar-refractivity contribution in [2.24, 2.45) is 0 Å². The zero-order valence-corrected chi connectivity index (χ0v) is 8.15. The molecule has 0 unspecified atom stereocenters. The molecule has 0 bridgehead atoms. The normalized spacial score (nSPS) is 10.2. The van der Waals surface area contributed by atoms with Crippen LogP contribution in [0.5, 0.6) is 0 Å². The van der Waals surface area contributed by atoms with Gasteiger partial charge in [0.25, 0.3) is 0 Å². The summed E-state index contributed by atoms with van der Waals surface area (Å²) < 4.78 is 25.7. The molecule has 0 radical (unpaired) electrons. The van der Waals surface area contributed by atoms with E-state index in [9.17, 15) is 13.6 Å². The lowest BCUT2D eigenvalue weighted by Gasteiger charge is -2.01. The van der Waals surface area contributed by atoms with E-state index in [0.29, 0.717) is 12.8 Å². The van der Waals surface area contributed by atoms with Gasteiger partial charge in [-0.1, -0.05) is 0 Å². The summed E-state index contributed by atoms with van der Waals surface area (Å²) in [5, 5.41) is -0.457. The number of rotatable bonds is 4. The summed E-state index contributed by atoms with van der Waals surface area (Å²) in [6.07, 6.45) is 0.933. The number of aryl methyl sites for hydroxylation is 1. The smallest absolute Gasteiger partial charge is 0.221 e. The highest BCUT2D eigenvalue weighted by molar-refractivity contribution is 6.63. The standard InChI is InChI=1S/C10H9ClF2O/c11-10(14)3-1-2-7-6-8(12)4-5-9(7)13/h4-6H,1-3H2. The van der Waals surface area contributed by atoms with Gasteiger partial charge >= 0.3 is 0 Å². The SMILES string of the molecule is O=C(Cl)CCCc1cc(F)ccc1F. The molecule has 0 aliphatic rings. The van der Waals surface area contributed by atoms with Crippen LogP contribution in [0.25, 0.3) is 0 Å². The first-order valence-electron chi connectivity index (χ1n) is 4.22. The fraction of sp³-hybridized carbons (Fsp3) is 0.300. The molecule has 0 atom stereocenters. The topological polar surface area (TPSA) is 17.1 Å². The van der Waals surface area contributed by atoms with E-state index >= 15 is 0 Å². The number of carbonyl (C=O) groups is 1. The van der Waals surface area contributed by atoms with Crippen LogP contribution in [0.1, 0.15) is 18.4 Å². The Morgan fingerprint density at radius 1 is 1.36 bits per heavy atom. The Morgan fingerprint density at radius 3 is 2.71 bits per heavy atom. The number of hydrogen-bond donors (Lipinski definition) is 0. The molecule has 0 fully saturated rings. The van der Waals surface area contributed by atoms with Gasteiger partial charge in [0, 0.05) is 6.42 Å². The fourth-order valence-corrected chi connectivity index (χ4v) is 1.29. The predicted octanol–water partition coefficient (Wildman–Crippen LogP) is 3.05. The lowest BCUT2D eigenvalue weighted by atomic mass is 10.1. The molecule has 14 heavy (non-hydrogen) atoms. The number of benzene rings is 1. The zero-order chi connectivity index (χ0) is 10.6. The Kier molecular flexibility index (Phi) is 4.01. The molecular formula is C10H9ClF2O. The van der Waals surface area contributed by atoms with Gasteiger partial charge in [-0.05, 0) is 48.2 Å². The van der Waals surface area contributed by atoms with Crippen molar-refractivity contribution in [2.75, 3.05) is 0 Å². The molecule has 0 aromatic heterocycles. The predicted molar refractivity (Wildman–Crippen MR) is 50.2 cm³/mol. The average molecular weight is 219 g/mol. The molecule has 0 aliphatic heterocycles. The molecule has 1 rings (SSSR count). The highest BCUT2D eigenvalue weighted by atomic mass is 35.5. The third-order valence-electron chi connectivity index (χ3n) is 1.83. The van der Waals surface area contributed by atoms with Gasteiger partial charge in [0.2, 0.25) is 5.24 Å². The van der Waals surface area contributed by atoms with E-state index in [2.05, 4.69) is 0 Å². The van der Waals surface area contributed by atoms with Crippen LogP contribution < -0.4 is 0 Å².